The number of hydrogen-bond donors (Lipinski definition) is 1. The summed E-state index contributed by atoms with van der Waals surface area (Å²) in [5.74, 6) is 0.183. The maximum absolute atomic E-state index is 12.9. The quantitative estimate of drug-likeness (QED) is 0.847. The molecule has 0 saturated heterocycles. The number of nitrogens with one attached hydrogen (secondary N) is 1. The molecule has 9 heteroatoms. The summed E-state index contributed by atoms with van der Waals surface area (Å²) in [6.45, 7) is 2.62. The Balaban J connectivity index is 1.60. The van der Waals surface area contributed by atoms with Crippen LogP contribution in [0.15, 0.2) is 64.7 Å². The standard InChI is InChI=1S/C19H19N5O3S/c1-14-12-17(24(21-14)13-15-6-3-2-4-7-15)20-19(25)16-8-5-9-23-10-11-28(26,27)22-18(16)23/h2-9,12H,10-11,13H2,1H3,(H,20,25). The minimum atomic E-state index is -3.56. The van der Waals surface area contributed by atoms with Crippen LogP contribution >= 0.6 is 0 Å². The molecule has 0 atom stereocenters. The van der Waals surface area contributed by atoms with Crippen molar-refractivity contribution < 1.29 is 13.2 Å². The number of carbonyl (C=O) groups excluding carboxylic acids is 1. The molecule has 1 N–H and O–H groups in total. The van der Waals surface area contributed by atoms with Crippen molar-refractivity contribution in [3.05, 3.63) is 71.6 Å². The molecule has 8 nitrogen and oxygen atoms in total. The van der Waals surface area contributed by atoms with Crippen LogP contribution in [0.5, 0.6) is 0 Å². The van der Waals surface area contributed by atoms with E-state index in [2.05, 4.69) is 14.8 Å². The first kappa shape index (κ1) is 18.2. The summed E-state index contributed by atoms with van der Waals surface area (Å²) in [5.41, 5.74) is 2.02. The van der Waals surface area contributed by atoms with E-state index in [1.54, 1.807) is 34.0 Å². The lowest BCUT2D eigenvalue weighted by Gasteiger charge is -2.28. The number of fused-ring (bicyclic) bond motifs is 1. The van der Waals surface area contributed by atoms with Crippen molar-refractivity contribution in [2.75, 3.05) is 17.6 Å². The van der Waals surface area contributed by atoms with Gasteiger partial charge in [0.05, 0.1) is 23.6 Å². The number of benzene rings is 1. The fourth-order valence-electron chi connectivity index (χ4n) is 3.10. The lowest BCUT2D eigenvalue weighted by atomic mass is 10.1. The highest BCUT2D eigenvalue weighted by Crippen LogP contribution is 2.20. The fraction of sp³-hybridized carbons (Fsp3) is 0.211. The summed E-state index contributed by atoms with van der Waals surface area (Å²) in [4.78, 5) is 14.6. The van der Waals surface area contributed by atoms with Crippen molar-refractivity contribution in [1.29, 1.82) is 0 Å². The van der Waals surface area contributed by atoms with E-state index in [4.69, 9.17) is 0 Å². The van der Waals surface area contributed by atoms with Crippen molar-refractivity contribution in [3.8, 4) is 0 Å². The van der Waals surface area contributed by atoms with Crippen LogP contribution in [-0.2, 0) is 21.4 Å². The van der Waals surface area contributed by atoms with Gasteiger partial charge >= 0.3 is 0 Å². The van der Waals surface area contributed by atoms with E-state index in [0.717, 1.165) is 11.3 Å². The Bertz CT molecular complexity index is 1110. The molecule has 2 aliphatic heterocycles. The predicted octanol–water partition coefficient (Wildman–Crippen LogP) is 1.68. The van der Waals surface area contributed by atoms with Crippen LogP contribution in [0.25, 0.3) is 0 Å². The SMILES string of the molecule is Cc1cc(NC(=O)C2=CC=CN3CCS(=O)(=O)N=C23)n(Cc2ccccc2)n1. The van der Waals surface area contributed by atoms with Crippen molar-refractivity contribution >= 4 is 27.6 Å². The zero-order valence-electron chi connectivity index (χ0n) is 15.2. The number of amidine groups is 1. The van der Waals surface area contributed by atoms with Crippen LogP contribution in [0.1, 0.15) is 11.3 Å². The molecule has 144 valence electrons. The molecular formula is C19H19N5O3S. The second-order valence-corrected chi connectivity index (χ2v) is 8.34. The number of rotatable bonds is 4. The predicted molar refractivity (Wildman–Crippen MR) is 106 cm³/mol. The number of aryl methyl sites for hydroxylation is 1. The average Bonchev–Trinajstić information content (AvgIpc) is 3.00. The van der Waals surface area contributed by atoms with Gasteiger partial charge in [0.15, 0.2) is 5.84 Å². The number of amides is 1. The number of carbonyl (C=O) groups is 1. The van der Waals surface area contributed by atoms with E-state index < -0.39 is 15.9 Å². The van der Waals surface area contributed by atoms with Crippen LogP contribution in [0.2, 0.25) is 0 Å². The molecular weight excluding hydrogens is 378 g/mol. The van der Waals surface area contributed by atoms with E-state index in [9.17, 15) is 13.2 Å². The van der Waals surface area contributed by atoms with Crippen molar-refractivity contribution in [1.82, 2.24) is 14.7 Å². The third kappa shape index (κ3) is 3.74. The number of sulfonamides is 1. The van der Waals surface area contributed by atoms with Gasteiger partial charge in [0.1, 0.15) is 5.82 Å². The number of hydrogen-bond acceptors (Lipinski definition) is 5. The number of nitrogens with zero attached hydrogens (tertiary/aromatic N) is 4. The summed E-state index contributed by atoms with van der Waals surface area (Å²) < 4.78 is 29.3. The highest BCUT2D eigenvalue weighted by Gasteiger charge is 2.30. The largest absolute Gasteiger partial charge is 0.331 e. The van der Waals surface area contributed by atoms with E-state index >= 15 is 0 Å². The summed E-state index contributed by atoms with van der Waals surface area (Å²) in [7, 11) is -3.56. The first-order valence-corrected chi connectivity index (χ1v) is 10.4. The lowest BCUT2D eigenvalue weighted by Crippen LogP contribution is -2.41. The Morgan fingerprint density at radius 2 is 2.04 bits per heavy atom. The third-order valence-electron chi connectivity index (χ3n) is 4.42. The first-order valence-electron chi connectivity index (χ1n) is 8.79. The Morgan fingerprint density at radius 3 is 2.82 bits per heavy atom. The molecule has 0 spiro atoms. The van der Waals surface area contributed by atoms with Gasteiger partial charge in [0, 0.05) is 18.8 Å². The van der Waals surface area contributed by atoms with Crippen LogP contribution in [0, 0.1) is 6.92 Å². The van der Waals surface area contributed by atoms with Gasteiger partial charge in [0.25, 0.3) is 15.9 Å². The second-order valence-electron chi connectivity index (χ2n) is 6.58. The Morgan fingerprint density at radius 1 is 1.25 bits per heavy atom. The lowest BCUT2D eigenvalue weighted by molar-refractivity contribution is -0.112. The minimum Gasteiger partial charge on any atom is -0.331 e. The van der Waals surface area contributed by atoms with Crippen LogP contribution in [0.4, 0.5) is 5.82 Å². The van der Waals surface area contributed by atoms with Gasteiger partial charge < -0.3 is 10.2 Å². The first-order chi connectivity index (χ1) is 13.4. The topological polar surface area (TPSA) is 96.7 Å². The van der Waals surface area contributed by atoms with Gasteiger partial charge in [-0.05, 0) is 24.6 Å². The minimum absolute atomic E-state index is 0.0707. The summed E-state index contributed by atoms with van der Waals surface area (Å²) >= 11 is 0. The van der Waals surface area contributed by atoms with Crippen LogP contribution in [0.3, 0.4) is 0 Å². The maximum Gasteiger partial charge on any atom is 0.260 e. The Labute approximate surface area is 162 Å². The van der Waals surface area contributed by atoms with E-state index in [1.165, 1.54) is 0 Å². The van der Waals surface area contributed by atoms with Crippen molar-refractivity contribution in [2.24, 2.45) is 4.40 Å². The number of aromatic nitrogens is 2. The molecule has 0 saturated carbocycles. The molecule has 0 unspecified atom stereocenters. The molecule has 2 aromatic rings. The number of anilines is 1. The third-order valence-corrected chi connectivity index (χ3v) is 5.57. The molecule has 4 rings (SSSR count). The zero-order valence-corrected chi connectivity index (χ0v) is 16.1. The Kier molecular flexibility index (Phi) is 4.60. The van der Waals surface area contributed by atoms with E-state index in [0.29, 0.717) is 12.4 Å². The molecule has 1 amide bonds. The molecule has 3 heterocycles. The summed E-state index contributed by atoms with van der Waals surface area (Å²) in [6.07, 6.45) is 4.99. The van der Waals surface area contributed by atoms with Gasteiger partial charge in [-0.3, -0.25) is 4.79 Å². The van der Waals surface area contributed by atoms with Gasteiger partial charge in [-0.2, -0.15) is 5.10 Å². The van der Waals surface area contributed by atoms with Crippen molar-refractivity contribution in [3.63, 3.8) is 0 Å². The normalized spacial score (nSPS) is 17.5. The summed E-state index contributed by atoms with van der Waals surface area (Å²) in [6, 6.07) is 11.6. The molecule has 0 aliphatic carbocycles. The smallest absolute Gasteiger partial charge is 0.260 e. The maximum atomic E-state index is 12.9. The molecule has 1 aromatic carbocycles. The summed E-state index contributed by atoms with van der Waals surface area (Å²) in [5, 5.41) is 7.28. The fourth-order valence-corrected chi connectivity index (χ4v) is 4.09. The second kappa shape index (κ2) is 7.08. The zero-order chi connectivity index (χ0) is 19.7. The molecule has 1 aromatic heterocycles. The van der Waals surface area contributed by atoms with Crippen molar-refractivity contribution in [2.45, 2.75) is 13.5 Å². The van der Waals surface area contributed by atoms with E-state index in [-0.39, 0.29) is 23.7 Å². The van der Waals surface area contributed by atoms with Crippen LogP contribution in [-0.4, -0.2) is 47.1 Å². The van der Waals surface area contributed by atoms with E-state index in [1.807, 2.05) is 37.3 Å². The van der Waals surface area contributed by atoms with Crippen LogP contribution < -0.4 is 5.32 Å². The van der Waals surface area contributed by atoms with Gasteiger partial charge in [-0.25, -0.2) is 13.1 Å². The highest BCUT2D eigenvalue weighted by atomic mass is 32.2. The highest BCUT2D eigenvalue weighted by molar-refractivity contribution is 7.90. The Hall–Kier alpha value is -3.20. The van der Waals surface area contributed by atoms with Gasteiger partial charge in [0.2, 0.25) is 0 Å². The van der Waals surface area contributed by atoms with Gasteiger partial charge in [-0.1, -0.05) is 30.3 Å². The average molecular weight is 397 g/mol. The molecule has 0 radical (unpaired) electrons. The molecule has 28 heavy (non-hydrogen) atoms. The molecule has 0 fully saturated rings. The molecule has 2 aliphatic rings. The molecule has 0 bridgehead atoms. The van der Waals surface area contributed by atoms with Gasteiger partial charge in [-0.15, -0.1) is 4.40 Å². The monoisotopic (exact) mass is 397 g/mol. The number of allylic oxidation sites excluding steroid dienone is 2.